The summed E-state index contributed by atoms with van der Waals surface area (Å²) in [5.41, 5.74) is 8.73. The van der Waals surface area contributed by atoms with Gasteiger partial charge in [0.05, 0.1) is 12.6 Å². The van der Waals surface area contributed by atoms with Crippen molar-refractivity contribution in [2.24, 2.45) is 23.0 Å². The van der Waals surface area contributed by atoms with E-state index in [4.69, 9.17) is 15.9 Å². The summed E-state index contributed by atoms with van der Waals surface area (Å²) in [5, 5.41) is 15.3. The number of nitrogens with two attached hydrogens (primary N) is 1. The van der Waals surface area contributed by atoms with Crippen molar-refractivity contribution in [1.29, 1.82) is 5.41 Å². The summed E-state index contributed by atoms with van der Waals surface area (Å²) in [7, 11) is 0. The third-order valence-electron chi connectivity index (χ3n) is 7.01. The van der Waals surface area contributed by atoms with Crippen molar-refractivity contribution >= 4 is 29.1 Å². The van der Waals surface area contributed by atoms with E-state index in [9.17, 15) is 4.39 Å². The molecule has 10 heteroatoms. The van der Waals surface area contributed by atoms with Crippen LogP contribution >= 0.6 is 0 Å². The van der Waals surface area contributed by atoms with Crippen molar-refractivity contribution in [3.8, 4) is 0 Å². The summed E-state index contributed by atoms with van der Waals surface area (Å²) in [6.07, 6.45) is 3.62. The average molecular weight is 414 g/mol. The molecule has 1 saturated carbocycles. The number of aromatic nitrogens is 4. The van der Waals surface area contributed by atoms with Crippen LogP contribution in [0.5, 0.6) is 0 Å². The Kier molecular flexibility index (Phi) is 4.42. The van der Waals surface area contributed by atoms with Gasteiger partial charge in [-0.2, -0.15) is 9.50 Å². The Labute approximate surface area is 174 Å². The van der Waals surface area contributed by atoms with Crippen molar-refractivity contribution in [2.75, 3.05) is 36.5 Å². The van der Waals surface area contributed by atoms with Gasteiger partial charge in [-0.15, -0.1) is 5.10 Å². The quantitative estimate of drug-likeness (QED) is 0.638. The summed E-state index contributed by atoms with van der Waals surface area (Å²) in [6, 6.07) is -0.381. The molecule has 9 nitrogen and oxygen atoms in total. The standard InChI is InChI=1S/C20H27FN8O/c1-20(2)12-7-28(8-13(12)20)17-16(11(5-22)6-23)24-10-29-18(17)26-19(27-29)25-15-3-4-30-9-14(15)21/h5-6,10,12-15,22H,3-4,7-9,23H2,1-2H3,(H,25,27)/b11-6+,22-5?. The molecule has 4 N–H and O–H groups in total. The lowest BCUT2D eigenvalue weighted by atomic mass is 10.1. The Balaban J connectivity index is 1.53. The molecule has 5 rings (SSSR count). The average Bonchev–Trinajstić information content (AvgIpc) is 3.14. The SMILES string of the molecule is CC1(C)C2CN(c3c(/C(C=N)=C/N)ncn4nc(NC5CCOCC5F)nc34)CC21. The number of piperidine rings is 1. The fourth-order valence-electron chi connectivity index (χ4n) is 4.95. The van der Waals surface area contributed by atoms with Gasteiger partial charge >= 0.3 is 0 Å². The van der Waals surface area contributed by atoms with Crippen LogP contribution in [0.15, 0.2) is 12.5 Å². The zero-order chi connectivity index (χ0) is 21.0. The van der Waals surface area contributed by atoms with E-state index < -0.39 is 6.17 Å². The Morgan fingerprint density at radius 3 is 2.83 bits per heavy atom. The van der Waals surface area contributed by atoms with Gasteiger partial charge in [-0.3, -0.25) is 0 Å². The van der Waals surface area contributed by atoms with Gasteiger partial charge in [-0.05, 0) is 23.7 Å². The molecule has 30 heavy (non-hydrogen) atoms. The largest absolute Gasteiger partial charge is 0.404 e. The molecular weight excluding hydrogens is 387 g/mol. The van der Waals surface area contributed by atoms with E-state index in [1.165, 1.54) is 12.4 Å². The van der Waals surface area contributed by atoms with Crippen LogP contribution in [0.1, 0.15) is 26.0 Å². The molecule has 2 aliphatic heterocycles. The number of hydrogen-bond donors (Lipinski definition) is 3. The molecule has 2 aromatic rings. The van der Waals surface area contributed by atoms with Gasteiger partial charge in [0.2, 0.25) is 5.95 Å². The van der Waals surface area contributed by atoms with Crippen LogP contribution in [-0.4, -0.2) is 64.3 Å². The van der Waals surface area contributed by atoms with E-state index in [0.29, 0.717) is 53.1 Å². The number of nitrogens with one attached hydrogen (secondary N) is 2. The first-order valence-corrected chi connectivity index (χ1v) is 10.4. The summed E-state index contributed by atoms with van der Waals surface area (Å²) in [5.74, 6) is 1.62. The lowest BCUT2D eigenvalue weighted by molar-refractivity contribution is 0.0284. The van der Waals surface area contributed by atoms with Gasteiger partial charge < -0.3 is 26.1 Å². The van der Waals surface area contributed by atoms with E-state index >= 15 is 0 Å². The first-order valence-electron chi connectivity index (χ1n) is 10.4. The van der Waals surface area contributed by atoms with E-state index in [2.05, 4.69) is 39.1 Å². The third kappa shape index (κ3) is 2.92. The second-order valence-electron chi connectivity index (χ2n) is 8.98. The zero-order valence-corrected chi connectivity index (χ0v) is 17.2. The maximum Gasteiger partial charge on any atom is 0.243 e. The molecule has 0 amide bonds. The predicted molar refractivity (Wildman–Crippen MR) is 112 cm³/mol. The second-order valence-corrected chi connectivity index (χ2v) is 8.98. The molecule has 4 atom stereocenters. The van der Waals surface area contributed by atoms with Crippen LogP contribution < -0.4 is 16.0 Å². The van der Waals surface area contributed by atoms with Crippen LogP contribution in [-0.2, 0) is 4.74 Å². The maximum absolute atomic E-state index is 14.2. The minimum absolute atomic E-state index is 0.0817. The van der Waals surface area contributed by atoms with Crippen molar-refractivity contribution in [3.05, 3.63) is 18.2 Å². The van der Waals surface area contributed by atoms with Gasteiger partial charge in [0.1, 0.15) is 23.9 Å². The molecule has 4 unspecified atom stereocenters. The van der Waals surface area contributed by atoms with Crippen molar-refractivity contribution in [1.82, 2.24) is 19.6 Å². The highest BCUT2D eigenvalue weighted by Gasteiger charge is 2.62. The van der Waals surface area contributed by atoms with E-state index in [1.807, 2.05) is 0 Å². The number of nitrogens with zero attached hydrogens (tertiary/aromatic N) is 5. The van der Waals surface area contributed by atoms with Gasteiger partial charge in [-0.25, -0.2) is 9.37 Å². The fourth-order valence-corrected chi connectivity index (χ4v) is 4.95. The molecule has 3 fully saturated rings. The normalized spacial score (nSPS) is 30.4. The Morgan fingerprint density at radius 1 is 1.40 bits per heavy atom. The van der Waals surface area contributed by atoms with Crippen LogP contribution in [0.4, 0.5) is 16.0 Å². The molecule has 0 radical (unpaired) electrons. The molecule has 0 aromatic carbocycles. The van der Waals surface area contributed by atoms with Crippen molar-refractivity contribution < 1.29 is 9.13 Å². The number of anilines is 2. The molecule has 160 valence electrons. The first-order chi connectivity index (χ1) is 14.4. The number of hydrogen-bond acceptors (Lipinski definition) is 8. The summed E-state index contributed by atoms with van der Waals surface area (Å²) >= 11 is 0. The molecule has 1 aliphatic carbocycles. The molecule has 0 bridgehead atoms. The topological polar surface area (TPSA) is 117 Å². The first kappa shape index (κ1) is 19.2. The molecular formula is C20H27FN8O. The maximum atomic E-state index is 14.2. The second kappa shape index (κ2) is 6.90. The Bertz CT molecular complexity index is 1000. The van der Waals surface area contributed by atoms with E-state index in [1.54, 1.807) is 10.8 Å². The summed E-state index contributed by atoms with van der Waals surface area (Å²) in [6.45, 7) is 7.02. The predicted octanol–water partition coefficient (Wildman–Crippen LogP) is 1.70. The number of alkyl halides is 1. The van der Waals surface area contributed by atoms with Crippen molar-refractivity contribution in [3.63, 3.8) is 0 Å². The highest BCUT2D eigenvalue weighted by Crippen LogP contribution is 2.62. The summed E-state index contributed by atoms with van der Waals surface area (Å²) < 4.78 is 21.0. The van der Waals surface area contributed by atoms with E-state index in [0.717, 1.165) is 18.8 Å². The molecule has 0 spiro atoms. The Morgan fingerprint density at radius 2 is 2.17 bits per heavy atom. The van der Waals surface area contributed by atoms with Gasteiger partial charge in [0.25, 0.3) is 0 Å². The lowest BCUT2D eigenvalue weighted by Gasteiger charge is -2.26. The van der Waals surface area contributed by atoms with Crippen LogP contribution in [0.3, 0.4) is 0 Å². The van der Waals surface area contributed by atoms with Gasteiger partial charge in [-0.1, -0.05) is 13.8 Å². The van der Waals surface area contributed by atoms with Gasteiger partial charge in [0, 0.05) is 37.7 Å². The lowest BCUT2D eigenvalue weighted by Crippen LogP contribution is -2.39. The van der Waals surface area contributed by atoms with E-state index in [-0.39, 0.29) is 12.6 Å². The summed E-state index contributed by atoms with van der Waals surface area (Å²) in [4.78, 5) is 11.5. The molecule has 2 aromatic heterocycles. The highest BCUT2D eigenvalue weighted by molar-refractivity contribution is 6.10. The van der Waals surface area contributed by atoms with Crippen LogP contribution in [0.2, 0.25) is 0 Å². The van der Waals surface area contributed by atoms with Gasteiger partial charge in [0.15, 0.2) is 5.65 Å². The smallest absolute Gasteiger partial charge is 0.243 e. The third-order valence-corrected chi connectivity index (χ3v) is 7.01. The minimum atomic E-state index is -1.10. The molecule has 4 heterocycles. The molecule has 3 aliphatic rings. The molecule has 2 saturated heterocycles. The number of rotatable bonds is 5. The monoisotopic (exact) mass is 414 g/mol. The van der Waals surface area contributed by atoms with Crippen molar-refractivity contribution in [2.45, 2.75) is 32.5 Å². The van der Waals surface area contributed by atoms with Crippen LogP contribution in [0, 0.1) is 22.7 Å². The zero-order valence-electron chi connectivity index (χ0n) is 17.2. The number of allylic oxidation sites excluding steroid dienone is 1. The number of fused-ring (bicyclic) bond motifs is 2. The number of ether oxygens (including phenoxy) is 1. The highest BCUT2D eigenvalue weighted by atomic mass is 19.1. The minimum Gasteiger partial charge on any atom is -0.404 e. The Hall–Kier alpha value is -2.75. The van der Waals surface area contributed by atoms with Crippen LogP contribution in [0.25, 0.3) is 11.2 Å². The fraction of sp³-hybridized carbons (Fsp3) is 0.600. The number of halogens is 1.